The van der Waals surface area contributed by atoms with Crippen molar-refractivity contribution in [3.8, 4) is 0 Å². The van der Waals surface area contributed by atoms with E-state index in [-0.39, 0.29) is 18.2 Å². The number of carbonyl (C=O) groups excluding carboxylic acids is 2. The molecule has 0 spiro atoms. The van der Waals surface area contributed by atoms with Gasteiger partial charge < -0.3 is 10.6 Å². The number of hydrogen-bond acceptors (Lipinski definition) is 4. The summed E-state index contributed by atoms with van der Waals surface area (Å²) in [6, 6.07) is 13.3. The van der Waals surface area contributed by atoms with Gasteiger partial charge in [-0.3, -0.25) is 19.5 Å². The van der Waals surface area contributed by atoms with E-state index in [1.165, 1.54) is 0 Å². The first kappa shape index (κ1) is 17.1. The fourth-order valence-electron chi connectivity index (χ4n) is 2.94. The molecule has 1 aromatic carbocycles. The van der Waals surface area contributed by atoms with E-state index in [1.54, 1.807) is 12.4 Å². The van der Waals surface area contributed by atoms with Crippen LogP contribution in [0, 0.1) is 0 Å². The Morgan fingerprint density at radius 1 is 1.16 bits per heavy atom. The molecule has 0 aliphatic carbocycles. The number of hydrogen-bond donors (Lipinski definition) is 2. The van der Waals surface area contributed by atoms with Crippen LogP contribution in [-0.4, -0.2) is 40.8 Å². The minimum Gasteiger partial charge on any atom is -0.353 e. The predicted octanol–water partition coefficient (Wildman–Crippen LogP) is 1.09. The zero-order valence-electron chi connectivity index (χ0n) is 14.0. The Labute approximate surface area is 147 Å². The van der Waals surface area contributed by atoms with Crippen LogP contribution in [0.15, 0.2) is 54.9 Å². The number of nitrogens with one attached hydrogen (secondary N) is 2. The highest BCUT2D eigenvalue weighted by atomic mass is 16.2. The fourth-order valence-corrected chi connectivity index (χ4v) is 2.94. The molecule has 25 heavy (non-hydrogen) atoms. The van der Waals surface area contributed by atoms with Crippen LogP contribution in [0.1, 0.15) is 17.5 Å². The molecule has 0 radical (unpaired) electrons. The smallest absolute Gasteiger partial charge is 0.237 e. The summed E-state index contributed by atoms with van der Waals surface area (Å²) in [7, 11) is 0. The Morgan fingerprint density at radius 3 is 2.68 bits per heavy atom. The second-order valence-corrected chi connectivity index (χ2v) is 6.10. The molecule has 2 heterocycles. The molecule has 2 aromatic rings. The van der Waals surface area contributed by atoms with Gasteiger partial charge in [-0.25, -0.2) is 0 Å². The summed E-state index contributed by atoms with van der Waals surface area (Å²) in [4.78, 5) is 30.6. The first-order valence-corrected chi connectivity index (χ1v) is 8.43. The van der Waals surface area contributed by atoms with Gasteiger partial charge in [0.2, 0.25) is 11.8 Å². The van der Waals surface area contributed by atoms with E-state index in [0.29, 0.717) is 19.6 Å². The largest absolute Gasteiger partial charge is 0.353 e. The molecule has 1 saturated heterocycles. The third-order valence-electron chi connectivity index (χ3n) is 4.29. The lowest BCUT2D eigenvalue weighted by Crippen LogP contribution is -2.56. The Morgan fingerprint density at radius 2 is 1.92 bits per heavy atom. The Bertz CT molecular complexity index is 706. The Hall–Kier alpha value is -2.73. The summed E-state index contributed by atoms with van der Waals surface area (Å²) >= 11 is 0. The highest BCUT2D eigenvalue weighted by Gasteiger charge is 2.31. The van der Waals surface area contributed by atoms with Gasteiger partial charge >= 0.3 is 0 Å². The predicted molar refractivity (Wildman–Crippen MR) is 94.4 cm³/mol. The molecule has 3 rings (SSSR count). The van der Waals surface area contributed by atoms with Crippen LogP contribution in [-0.2, 0) is 22.7 Å². The van der Waals surface area contributed by atoms with Crippen molar-refractivity contribution in [1.82, 2.24) is 20.5 Å². The number of nitrogens with zero attached hydrogens (tertiary/aromatic N) is 2. The molecule has 130 valence electrons. The summed E-state index contributed by atoms with van der Waals surface area (Å²) in [6.45, 7) is 2.45. The first-order chi connectivity index (χ1) is 12.2. The highest BCUT2D eigenvalue weighted by Crippen LogP contribution is 2.14. The van der Waals surface area contributed by atoms with Crippen molar-refractivity contribution in [1.29, 1.82) is 0 Å². The molecule has 1 aliphatic heterocycles. The van der Waals surface area contributed by atoms with Gasteiger partial charge in [0.15, 0.2) is 0 Å². The summed E-state index contributed by atoms with van der Waals surface area (Å²) in [5.74, 6) is -0.210. The second kappa shape index (κ2) is 8.39. The zero-order valence-corrected chi connectivity index (χ0v) is 14.0. The molecule has 1 aromatic heterocycles. The zero-order chi connectivity index (χ0) is 17.5. The molecule has 6 heteroatoms. The van der Waals surface area contributed by atoms with Gasteiger partial charge in [-0.2, -0.15) is 0 Å². The maximum atomic E-state index is 12.3. The van der Waals surface area contributed by atoms with Crippen LogP contribution >= 0.6 is 0 Å². The van der Waals surface area contributed by atoms with Gasteiger partial charge in [0.05, 0.1) is 12.5 Å². The molecule has 0 saturated carbocycles. The summed E-state index contributed by atoms with van der Waals surface area (Å²) in [5, 5.41) is 5.74. The summed E-state index contributed by atoms with van der Waals surface area (Å²) in [6.07, 6.45) is 3.54. The Balaban J connectivity index is 1.58. The number of piperazine rings is 1. The van der Waals surface area contributed by atoms with E-state index in [1.807, 2.05) is 42.5 Å². The van der Waals surface area contributed by atoms with Crippen molar-refractivity contribution >= 4 is 11.8 Å². The van der Waals surface area contributed by atoms with Crippen LogP contribution in [0.2, 0.25) is 0 Å². The van der Waals surface area contributed by atoms with E-state index < -0.39 is 6.04 Å². The van der Waals surface area contributed by atoms with Crippen molar-refractivity contribution < 1.29 is 9.59 Å². The van der Waals surface area contributed by atoms with Crippen LogP contribution in [0.5, 0.6) is 0 Å². The van der Waals surface area contributed by atoms with Gasteiger partial charge in [0.1, 0.15) is 0 Å². The molecule has 6 nitrogen and oxygen atoms in total. The van der Waals surface area contributed by atoms with Crippen molar-refractivity contribution in [3.63, 3.8) is 0 Å². The standard InChI is InChI=1S/C19H22N4O2/c24-18(22-13-15-6-8-20-9-7-15)12-17-19(25)21-10-11-23(17)14-16-4-2-1-3-5-16/h1-9,17H,10-14H2,(H,21,25)(H,22,24). The van der Waals surface area contributed by atoms with E-state index in [4.69, 9.17) is 0 Å². The molecular formula is C19H22N4O2. The van der Waals surface area contributed by atoms with Gasteiger partial charge in [-0.1, -0.05) is 30.3 Å². The fraction of sp³-hybridized carbons (Fsp3) is 0.316. The van der Waals surface area contributed by atoms with Crippen LogP contribution in [0.25, 0.3) is 0 Å². The van der Waals surface area contributed by atoms with Crippen molar-refractivity contribution in [2.75, 3.05) is 13.1 Å². The second-order valence-electron chi connectivity index (χ2n) is 6.10. The van der Waals surface area contributed by atoms with Crippen LogP contribution in [0.4, 0.5) is 0 Å². The number of aromatic nitrogens is 1. The van der Waals surface area contributed by atoms with Gasteiger partial charge in [0, 0.05) is 38.6 Å². The molecule has 1 unspecified atom stereocenters. The lowest BCUT2D eigenvalue weighted by atomic mass is 10.1. The van der Waals surface area contributed by atoms with Crippen molar-refractivity contribution in [3.05, 3.63) is 66.0 Å². The van der Waals surface area contributed by atoms with Crippen LogP contribution < -0.4 is 10.6 Å². The van der Waals surface area contributed by atoms with Gasteiger partial charge in [-0.05, 0) is 23.3 Å². The quantitative estimate of drug-likeness (QED) is 0.827. The van der Waals surface area contributed by atoms with E-state index in [9.17, 15) is 9.59 Å². The number of amides is 2. The molecule has 2 amide bonds. The van der Waals surface area contributed by atoms with Crippen molar-refractivity contribution in [2.45, 2.75) is 25.6 Å². The highest BCUT2D eigenvalue weighted by molar-refractivity contribution is 5.88. The number of rotatable bonds is 6. The minimum absolute atomic E-state index is 0.0822. The lowest BCUT2D eigenvalue weighted by Gasteiger charge is -2.34. The van der Waals surface area contributed by atoms with E-state index in [0.717, 1.165) is 17.7 Å². The molecule has 1 aliphatic rings. The minimum atomic E-state index is -0.439. The molecule has 1 fully saturated rings. The van der Waals surface area contributed by atoms with Crippen LogP contribution in [0.3, 0.4) is 0 Å². The van der Waals surface area contributed by atoms with Gasteiger partial charge in [-0.15, -0.1) is 0 Å². The number of pyridine rings is 1. The SMILES string of the molecule is O=C(CC1C(=O)NCCN1Cc1ccccc1)NCc1ccncc1. The van der Waals surface area contributed by atoms with Gasteiger partial charge in [0.25, 0.3) is 0 Å². The topological polar surface area (TPSA) is 74.3 Å². The third kappa shape index (κ3) is 4.87. The maximum absolute atomic E-state index is 12.3. The monoisotopic (exact) mass is 338 g/mol. The number of carbonyl (C=O) groups is 2. The number of benzene rings is 1. The average molecular weight is 338 g/mol. The Kier molecular flexibility index (Phi) is 5.74. The van der Waals surface area contributed by atoms with Crippen molar-refractivity contribution in [2.24, 2.45) is 0 Å². The first-order valence-electron chi connectivity index (χ1n) is 8.43. The average Bonchev–Trinajstić information content (AvgIpc) is 2.65. The van der Waals surface area contributed by atoms with E-state index in [2.05, 4.69) is 20.5 Å². The molecule has 0 bridgehead atoms. The molecule has 2 N–H and O–H groups in total. The summed E-state index contributed by atoms with van der Waals surface area (Å²) in [5.41, 5.74) is 2.12. The maximum Gasteiger partial charge on any atom is 0.237 e. The molecular weight excluding hydrogens is 316 g/mol. The molecule has 1 atom stereocenters. The third-order valence-corrected chi connectivity index (χ3v) is 4.29. The van der Waals surface area contributed by atoms with E-state index >= 15 is 0 Å². The summed E-state index contributed by atoms with van der Waals surface area (Å²) < 4.78 is 0. The lowest BCUT2D eigenvalue weighted by molar-refractivity contribution is -0.134. The normalized spacial score (nSPS) is 17.8.